The number of methoxy groups -OCH3 is 1. The summed E-state index contributed by atoms with van der Waals surface area (Å²) in [6, 6.07) is 13.5. The topological polar surface area (TPSA) is 103 Å². The zero-order valence-corrected chi connectivity index (χ0v) is 25.9. The van der Waals surface area contributed by atoms with Crippen molar-refractivity contribution < 1.29 is 18.7 Å². The molecule has 2 amide bonds. The molecule has 1 aliphatic rings. The van der Waals surface area contributed by atoms with Crippen LogP contribution in [0.5, 0.6) is 5.75 Å². The van der Waals surface area contributed by atoms with Crippen molar-refractivity contribution in [3.05, 3.63) is 77.4 Å². The number of amides is 2. The van der Waals surface area contributed by atoms with E-state index >= 15 is 4.39 Å². The van der Waals surface area contributed by atoms with Gasteiger partial charge in [0.25, 0.3) is 5.91 Å². The Balaban J connectivity index is 1.38. The van der Waals surface area contributed by atoms with Crippen LogP contribution in [-0.4, -0.2) is 75.6 Å². The van der Waals surface area contributed by atoms with Gasteiger partial charge in [-0.05, 0) is 75.1 Å². The number of hydrogen-bond acceptors (Lipinski definition) is 6. The largest absolute Gasteiger partial charge is 0.496 e. The van der Waals surface area contributed by atoms with Gasteiger partial charge < -0.3 is 15.0 Å². The van der Waals surface area contributed by atoms with Crippen molar-refractivity contribution in [2.24, 2.45) is 0 Å². The Kier molecular flexibility index (Phi) is 9.89. The Morgan fingerprint density at radius 2 is 1.91 bits per heavy atom. The fourth-order valence-electron chi connectivity index (χ4n) is 6.12. The number of pyridine rings is 1. The molecule has 0 saturated carbocycles. The first-order chi connectivity index (χ1) is 21.3. The minimum absolute atomic E-state index is 0.0538. The van der Waals surface area contributed by atoms with E-state index in [4.69, 9.17) is 4.74 Å². The summed E-state index contributed by atoms with van der Waals surface area (Å²) in [6.07, 6.45) is 4.66. The van der Waals surface area contributed by atoms with Crippen LogP contribution in [0, 0.1) is 12.7 Å². The average Bonchev–Trinajstić information content (AvgIpc) is 3.45. The number of halogens is 1. The fourth-order valence-corrected chi connectivity index (χ4v) is 6.12. The molecule has 3 heterocycles. The summed E-state index contributed by atoms with van der Waals surface area (Å²) in [4.78, 5) is 35.6. The molecule has 5 rings (SSSR count). The van der Waals surface area contributed by atoms with Gasteiger partial charge in [0.2, 0.25) is 5.91 Å². The molecule has 1 saturated heterocycles. The number of nitrogens with zero attached hydrogens (tertiary/aromatic N) is 4. The standard InChI is InChI=1S/C34H41FN6O3/c1-5-16-40(17-6-2)34(43)30-13-11-25(20-41(30)21-27-28(35)8-7-9-31(27)44-4)37-33(42)24-10-12-29-26(19-24)32(39-38-29)23-14-15-36-22(3)18-23/h7-10,12,14-15,18-19,25,30H,5-6,11,13,16-17,20-21H2,1-4H3,(H,37,42)(H,38,39)/t25-,30+/m1/s1. The van der Waals surface area contributed by atoms with Gasteiger partial charge in [-0.1, -0.05) is 19.9 Å². The maximum absolute atomic E-state index is 15.0. The summed E-state index contributed by atoms with van der Waals surface area (Å²) < 4.78 is 20.5. The number of aromatic amines is 1. The van der Waals surface area contributed by atoms with E-state index in [2.05, 4.69) is 34.3 Å². The van der Waals surface area contributed by atoms with Crippen LogP contribution < -0.4 is 10.1 Å². The number of likely N-dealkylation sites (tertiary alicyclic amines) is 1. The van der Waals surface area contributed by atoms with E-state index < -0.39 is 6.04 Å². The van der Waals surface area contributed by atoms with Crippen molar-refractivity contribution >= 4 is 22.7 Å². The summed E-state index contributed by atoms with van der Waals surface area (Å²) in [5, 5.41) is 11.6. The van der Waals surface area contributed by atoms with Crippen LogP contribution in [0.15, 0.2) is 54.7 Å². The van der Waals surface area contributed by atoms with Gasteiger partial charge in [0.15, 0.2) is 0 Å². The van der Waals surface area contributed by atoms with Crippen molar-refractivity contribution in [1.29, 1.82) is 0 Å². The smallest absolute Gasteiger partial charge is 0.251 e. The normalized spacial score (nSPS) is 17.0. The Morgan fingerprint density at radius 1 is 1.11 bits per heavy atom. The molecule has 2 aromatic heterocycles. The van der Waals surface area contributed by atoms with E-state index in [1.165, 1.54) is 13.2 Å². The highest BCUT2D eigenvalue weighted by atomic mass is 19.1. The van der Waals surface area contributed by atoms with Crippen molar-refractivity contribution in [3.8, 4) is 17.0 Å². The van der Waals surface area contributed by atoms with Crippen LogP contribution in [0.3, 0.4) is 0 Å². The second-order valence-electron chi connectivity index (χ2n) is 11.5. The molecule has 0 aliphatic carbocycles. The zero-order valence-electron chi connectivity index (χ0n) is 25.9. The number of H-pyrrole nitrogens is 1. The minimum atomic E-state index is -0.417. The van der Waals surface area contributed by atoms with Gasteiger partial charge >= 0.3 is 0 Å². The third-order valence-corrected chi connectivity index (χ3v) is 8.26. The number of carbonyl (C=O) groups is 2. The summed E-state index contributed by atoms with van der Waals surface area (Å²) in [5.74, 6) is -0.0935. The third kappa shape index (κ3) is 6.75. The minimum Gasteiger partial charge on any atom is -0.496 e. The zero-order chi connectivity index (χ0) is 31.2. The van der Waals surface area contributed by atoms with Crippen molar-refractivity contribution in [2.45, 2.75) is 65.1 Å². The lowest BCUT2D eigenvalue weighted by molar-refractivity contribution is -0.139. The number of aromatic nitrogens is 3. The first-order valence-corrected chi connectivity index (χ1v) is 15.4. The number of nitrogens with one attached hydrogen (secondary N) is 2. The fraction of sp³-hybridized carbons (Fsp3) is 0.412. The molecule has 0 spiro atoms. The number of piperidine rings is 1. The Hall–Kier alpha value is -4.31. The van der Waals surface area contributed by atoms with Crippen LogP contribution in [0.1, 0.15) is 61.1 Å². The number of rotatable bonds is 11. The molecule has 0 unspecified atom stereocenters. The molecule has 2 aromatic carbocycles. The number of aryl methyl sites for hydroxylation is 1. The van der Waals surface area contributed by atoms with Gasteiger partial charge in [-0.25, -0.2) is 4.39 Å². The van der Waals surface area contributed by atoms with Crippen LogP contribution in [-0.2, 0) is 11.3 Å². The molecular weight excluding hydrogens is 559 g/mol. The van der Waals surface area contributed by atoms with Crippen molar-refractivity contribution in [1.82, 2.24) is 30.3 Å². The van der Waals surface area contributed by atoms with Gasteiger partial charge in [-0.3, -0.25) is 24.6 Å². The quantitative estimate of drug-likeness (QED) is 0.236. The second-order valence-corrected chi connectivity index (χ2v) is 11.5. The summed E-state index contributed by atoms with van der Waals surface area (Å²) in [7, 11) is 1.52. The lowest BCUT2D eigenvalue weighted by atomic mass is 9.95. The molecule has 1 aliphatic heterocycles. The monoisotopic (exact) mass is 600 g/mol. The molecule has 0 radical (unpaired) electrons. The number of fused-ring (bicyclic) bond motifs is 1. The molecule has 9 nitrogen and oxygen atoms in total. The molecule has 4 aromatic rings. The lowest BCUT2D eigenvalue weighted by Crippen LogP contribution is -2.57. The van der Waals surface area contributed by atoms with Crippen molar-refractivity contribution in [2.75, 3.05) is 26.7 Å². The highest BCUT2D eigenvalue weighted by molar-refractivity contribution is 6.01. The van der Waals surface area contributed by atoms with E-state index in [9.17, 15) is 9.59 Å². The van der Waals surface area contributed by atoms with Gasteiger partial charge in [0.05, 0.1) is 18.7 Å². The van der Waals surface area contributed by atoms with E-state index in [1.54, 1.807) is 24.4 Å². The molecule has 1 fully saturated rings. The van der Waals surface area contributed by atoms with Gasteiger partial charge in [0, 0.05) is 66.2 Å². The second kappa shape index (κ2) is 14.0. The maximum Gasteiger partial charge on any atom is 0.251 e. The number of carbonyl (C=O) groups excluding carboxylic acids is 2. The third-order valence-electron chi connectivity index (χ3n) is 8.26. The predicted molar refractivity (Wildman–Crippen MR) is 169 cm³/mol. The summed E-state index contributed by atoms with van der Waals surface area (Å²) in [5.41, 5.74) is 4.31. The summed E-state index contributed by atoms with van der Waals surface area (Å²) >= 11 is 0. The van der Waals surface area contributed by atoms with E-state index in [0.29, 0.717) is 49.4 Å². The highest BCUT2D eigenvalue weighted by Gasteiger charge is 2.36. The van der Waals surface area contributed by atoms with Crippen molar-refractivity contribution in [3.63, 3.8) is 0 Å². The number of hydrogen-bond donors (Lipinski definition) is 2. The van der Waals surface area contributed by atoms with Gasteiger partial charge in [0.1, 0.15) is 17.3 Å². The Labute approximate surface area is 257 Å². The first-order valence-electron chi connectivity index (χ1n) is 15.4. The SMILES string of the molecule is CCCN(CCC)C(=O)[C@@H]1CC[C@@H](NC(=O)c2ccc3[nH]nc(-c4ccnc(C)c4)c3c2)CN1Cc1c(F)cccc1OC. The van der Waals surface area contributed by atoms with Gasteiger partial charge in [-0.15, -0.1) is 0 Å². The molecule has 0 bridgehead atoms. The highest BCUT2D eigenvalue weighted by Crippen LogP contribution is 2.29. The number of ether oxygens (including phenoxy) is 1. The van der Waals surface area contributed by atoms with Crippen LogP contribution in [0.4, 0.5) is 4.39 Å². The molecular formula is C34H41FN6O3. The van der Waals surface area contributed by atoms with E-state index in [1.807, 2.05) is 41.0 Å². The van der Waals surface area contributed by atoms with E-state index in [-0.39, 0.29) is 30.2 Å². The molecule has 10 heteroatoms. The number of benzene rings is 2. The van der Waals surface area contributed by atoms with Crippen LogP contribution >= 0.6 is 0 Å². The molecule has 2 N–H and O–H groups in total. The van der Waals surface area contributed by atoms with E-state index in [0.717, 1.165) is 40.7 Å². The van der Waals surface area contributed by atoms with Crippen LogP contribution in [0.2, 0.25) is 0 Å². The lowest BCUT2D eigenvalue weighted by Gasteiger charge is -2.41. The first kappa shape index (κ1) is 31.1. The predicted octanol–water partition coefficient (Wildman–Crippen LogP) is 5.49. The van der Waals surface area contributed by atoms with Crippen LogP contribution in [0.25, 0.3) is 22.2 Å². The average molecular weight is 601 g/mol. The summed E-state index contributed by atoms with van der Waals surface area (Å²) in [6.45, 7) is 8.01. The molecule has 232 valence electrons. The Bertz CT molecular complexity index is 1620. The van der Waals surface area contributed by atoms with Gasteiger partial charge in [-0.2, -0.15) is 5.10 Å². The molecule has 2 atom stereocenters. The molecule has 44 heavy (non-hydrogen) atoms. The maximum atomic E-state index is 15.0. The Morgan fingerprint density at radius 3 is 2.64 bits per heavy atom.